The van der Waals surface area contributed by atoms with Gasteiger partial charge in [0, 0.05) is 17.8 Å². The summed E-state index contributed by atoms with van der Waals surface area (Å²) in [6, 6.07) is 2.24. The monoisotopic (exact) mass is 448 g/mol. The van der Waals surface area contributed by atoms with Crippen molar-refractivity contribution in [3.05, 3.63) is 55.1 Å². The van der Waals surface area contributed by atoms with Gasteiger partial charge in [0.15, 0.2) is 0 Å². The minimum Gasteiger partial charge on any atom is -0.398 e. The third-order valence-electron chi connectivity index (χ3n) is 6.12. The first-order valence-electron chi connectivity index (χ1n) is 11.0. The molecule has 0 aliphatic carbocycles. The van der Waals surface area contributed by atoms with Crippen LogP contribution in [0.5, 0.6) is 0 Å². The Kier molecular flexibility index (Phi) is 7.80. The van der Waals surface area contributed by atoms with Gasteiger partial charge >= 0.3 is 0 Å². The maximum atomic E-state index is 6.94. The predicted molar refractivity (Wildman–Crippen MR) is 136 cm³/mol. The second-order valence-corrected chi connectivity index (χ2v) is 10.5. The van der Waals surface area contributed by atoms with Crippen molar-refractivity contribution in [3.8, 4) is 0 Å². The van der Waals surface area contributed by atoms with Crippen LogP contribution in [0.4, 0.5) is 11.4 Å². The molecule has 0 bridgehead atoms. The highest BCUT2D eigenvalue weighted by atomic mass is 35.5. The van der Waals surface area contributed by atoms with Crippen LogP contribution in [0.3, 0.4) is 0 Å². The summed E-state index contributed by atoms with van der Waals surface area (Å²) in [7, 11) is 0. The summed E-state index contributed by atoms with van der Waals surface area (Å²) in [6.07, 6.45) is 0.670. The Morgan fingerprint density at radius 3 is 1.50 bits per heavy atom. The molecule has 4 N–H and O–H groups in total. The van der Waals surface area contributed by atoms with Gasteiger partial charge in [0.05, 0.1) is 10.0 Å². The zero-order valence-electron chi connectivity index (χ0n) is 20.0. The van der Waals surface area contributed by atoms with Crippen LogP contribution in [0, 0.1) is 6.92 Å². The van der Waals surface area contributed by atoms with Crippen LogP contribution >= 0.6 is 23.2 Å². The lowest BCUT2D eigenvalue weighted by Gasteiger charge is -2.26. The zero-order valence-corrected chi connectivity index (χ0v) is 21.5. The van der Waals surface area contributed by atoms with E-state index in [1.807, 2.05) is 0 Å². The Balaban J connectivity index is 2.83. The molecule has 2 aromatic rings. The highest BCUT2D eigenvalue weighted by Crippen LogP contribution is 2.45. The van der Waals surface area contributed by atoms with Gasteiger partial charge in [-0.25, -0.2) is 0 Å². The number of benzene rings is 2. The Bertz CT molecular complexity index is 906. The number of hydrogen-bond donors (Lipinski definition) is 2. The number of hydrogen-bond acceptors (Lipinski definition) is 2. The quantitative estimate of drug-likeness (QED) is 0.434. The van der Waals surface area contributed by atoms with E-state index in [0.717, 1.165) is 28.1 Å². The first-order valence-corrected chi connectivity index (χ1v) is 11.8. The number of anilines is 2. The van der Waals surface area contributed by atoms with Crippen LogP contribution in [-0.4, -0.2) is 0 Å². The summed E-state index contributed by atoms with van der Waals surface area (Å²) < 4.78 is 0. The second-order valence-electron chi connectivity index (χ2n) is 9.72. The van der Waals surface area contributed by atoms with Crippen molar-refractivity contribution in [2.45, 2.75) is 92.4 Å². The van der Waals surface area contributed by atoms with Crippen molar-refractivity contribution >= 4 is 34.6 Å². The van der Waals surface area contributed by atoms with Crippen molar-refractivity contribution in [2.24, 2.45) is 0 Å². The Morgan fingerprint density at radius 1 is 0.700 bits per heavy atom. The van der Waals surface area contributed by atoms with E-state index in [4.69, 9.17) is 34.7 Å². The fourth-order valence-electron chi connectivity index (χ4n) is 4.59. The van der Waals surface area contributed by atoms with Gasteiger partial charge in [0.2, 0.25) is 0 Å². The van der Waals surface area contributed by atoms with E-state index in [9.17, 15) is 0 Å². The SMILES string of the molecule is Cc1c(Cc2c(Cl)c(C(C)C)c(N)c(C(C)C)c2Cl)cc(C(C)C)c(N)c1C(C)C. The Labute approximate surface area is 193 Å². The molecule has 0 saturated heterocycles. The number of nitrogens with two attached hydrogens (primary N) is 2. The number of nitrogen functional groups attached to an aromatic ring is 2. The van der Waals surface area contributed by atoms with E-state index < -0.39 is 0 Å². The highest BCUT2D eigenvalue weighted by Gasteiger charge is 2.25. The molecule has 166 valence electrons. The van der Waals surface area contributed by atoms with Gasteiger partial charge in [-0.3, -0.25) is 0 Å². The molecular weight excluding hydrogens is 411 g/mol. The Hall–Kier alpha value is -1.38. The molecule has 2 aromatic carbocycles. The second kappa shape index (κ2) is 9.40. The number of halogens is 2. The van der Waals surface area contributed by atoms with Crippen molar-refractivity contribution in [3.63, 3.8) is 0 Å². The first-order chi connectivity index (χ1) is 13.8. The van der Waals surface area contributed by atoms with Gasteiger partial charge in [0.25, 0.3) is 0 Å². The lowest BCUT2D eigenvalue weighted by atomic mass is 9.83. The molecule has 0 atom stereocenters. The highest BCUT2D eigenvalue weighted by molar-refractivity contribution is 6.37. The molecule has 0 aromatic heterocycles. The molecule has 0 aliphatic heterocycles. The predicted octanol–water partition coefficient (Wildman–Crippen LogP) is 8.55. The van der Waals surface area contributed by atoms with Crippen LogP contribution in [0.25, 0.3) is 0 Å². The van der Waals surface area contributed by atoms with Gasteiger partial charge in [0.1, 0.15) is 0 Å². The molecule has 0 amide bonds. The van der Waals surface area contributed by atoms with E-state index in [0.29, 0.717) is 28.3 Å². The van der Waals surface area contributed by atoms with E-state index >= 15 is 0 Å². The molecule has 2 rings (SSSR count). The van der Waals surface area contributed by atoms with E-state index in [-0.39, 0.29) is 11.8 Å². The minimum atomic E-state index is 0.219. The molecule has 4 heteroatoms. The minimum absolute atomic E-state index is 0.219. The van der Waals surface area contributed by atoms with Gasteiger partial charge < -0.3 is 11.5 Å². The summed E-state index contributed by atoms with van der Waals surface area (Å²) in [6.45, 7) is 19.4. The van der Waals surface area contributed by atoms with Crippen LogP contribution in [0.15, 0.2) is 6.07 Å². The average molecular weight is 450 g/mol. The van der Waals surface area contributed by atoms with Crippen LogP contribution in [0.1, 0.15) is 118 Å². The number of rotatable bonds is 6. The molecule has 2 nitrogen and oxygen atoms in total. The largest absolute Gasteiger partial charge is 0.398 e. The van der Waals surface area contributed by atoms with Crippen molar-refractivity contribution in [1.29, 1.82) is 0 Å². The molecule has 0 radical (unpaired) electrons. The van der Waals surface area contributed by atoms with Gasteiger partial charge in [-0.05, 0) is 69.5 Å². The average Bonchev–Trinajstić information content (AvgIpc) is 2.58. The maximum absolute atomic E-state index is 6.94. The van der Waals surface area contributed by atoms with Crippen molar-refractivity contribution < 1.29 is 0 Å². The van der Waals surface area contributed by atoms with Crippen LogP contribution < -0.4 is 11.5 Å². The van der Waals surface area contributed by atoms with E-state index in [1.165, 1.54) is 22.3 Å². The zero-order chi connectivity index (χ0) is 23.1. The molecule has 0 saturated carbocycles. The lowest BCUT2D eigenvalue weighted by molar-refractivity contribution is 0.823. The Morgan fingerprint density at radius 2 is 1.13 bits per heavy atom. The molecule has 0 aliphatic rings. The summed E-state index contributed by atoms with van der Waals surface area (Å²) in [4.78, 5) is 0. The molecule has 0 unspecified atom stereocenters. The normalized spacial score (nSPS) is 12.1. The molecular formula is C26H38Cl2N2. The fraction of sp³-hybridized carbons (Fsp3) is 0.538. The van der Waals surface area contributed by atoms with E-state index in [1.54, 1.807) is 0 Å². The molecule has 0 fully saturated rings. The van der Waals surface area contributed by atoms with Crippen LogP contribution in [0.2, 0.25) is 10.0 Å². The summed E-state index contributed by atoms with van der Waals surface area (Å²) in [5.74, 6) is 1.13. The standard InChI is InChI=1S/C26H38Cl2N2/c1-12(2)18-10-17(16(9)20(13(3)4)25(18)29)11-19-23(27)21(14(5)6)26(30)22(15(7)8)24(19)28/h10,12-15H,11,29-30H2,1-9H3. The topological polar surface area (TPSA) is 52.0 Å². The lowest BCUT2D eigenvalue weighted by Crippen LogP contribution is -2.11. The van der Waals surface area contributed by atoms with Crippen LogP contribution in [-0.2, 0) is 6.42 Å². The molecule has 0 spiro atoms. The first kappa shape index (κ1) is 24.9. The smallest absolute Gasteiger partial charge is 0.0511 e. The van der Waals surface area contributed by atoms with Crippen molar-refractivity contribution in [1.82, 2.24) is 0 Å². The summed E-state index contributed by atoms with van der Waals surface area (Å²) in [5, 5.41) is 1.40. The van der Waals surface area contributed by atoms with Gasteiger partial charge in [-0.2, -0.15) is 0 Å². The maximum Gasteiger partial charge on any atom is 0.0511 e. The molecule has 30 heavy (non-hydrogen) atoms. The van der Waals surface area contributed by atoms with E-state index in [2.05, 4.69) is 68.4 Å². The fourth-order valence-corrected chi connectivity index (χ4v) is 5.60. The summed E-state index contributed by atoms with van der Waals surface area (Å²) >= 11 is 13.9. The van der Waals surface area contributed by atoms with Gasteiger partial charge in [-0.15, -0.1) is 0 Å². The van der Waals surface area contributed by atoms with Crippen molar-refractivity contribution in [2.75, 3.05) is 11.5 Å². The van der Waals surface area contributed by atoms with Gasteiger partial charge in [-0.1, -0.05) is 84.7 Å². The molecule has 0 heterocycles. The third kappa shape index (κ3) is 4.46. The summed E-state index contributed by atoms with van der Waals surface area (Å²) in [5.41, 5.74) is 22.6. The third-order valence-corrected chi connectivity index (χ3v) is 6.98.